The minimum Gasteiger partial charge on any atom is -0.475 e. The largest absolute Gasteiger partial charge is 0.475 e. The average molecular weight is 381 g/mol. The topological polar surface area (TPSA) is 108 Å². The maximum Gasteiger partial charge on any atom is 0.371 e. The zero-order valence-corrected chi connectivity index (χ0v) is 13.5. The number of sulfonamides is 1. The van der Waals surface area contributed by atoms with Crippen molar-refractivity contribution in [2.24, 2.45) is 0 Å². The second kappa shape index (κ2) is 5.78. The van der Waals surface area contributed by atoms with Gasteiger partial charge in [-0.2, -0.15) is 4.31 Å². The highest BCUT2D eigenvalue weighted by Crippen LogP contribution is 2.29. The van der Waals surface area contributed by atoms with E-state index in [9.17, 15) is 18.0 Å². The molecule has 1 fully saturated rings. The summed E-state index contributed by atoms with van der Waals surface area (Å²) in [5.74, 6) is -1.91. The summed E-state index contributed by atoms with van der Waals surface area (Å²) in [6, 6.07) is 0.971. The maximum absolute atomic E-state index is 12.5. The van der Waals surface area contributed by atoms with E-state index in [0.717, 1.165) is 6.07 Å². The van der Waals surface area contributed by atoms with Crippen LogP contribution in [0.2, 0.25) is 0 Å². The Bertz CT molecular complexity index is 675. The Kier molecular flexibility index (Phi) is 4.40. The Morgan fingerprint density at radius 2 is 1.86 bits per heavy atom. The molecule has 0 unspecified atom stereocenters. The number of halogens is 1. The van der Waals surface area contributed by atoms with E-state index in [1.54, 1.807) is 4.90 Å². The van der Waals surface area contributed by atoms with Crippen LogP contribution >= 0.6 is 15.9 Å². The van der Waals surface area contributed by atoms with Crippen LogP contribution in [0.15, 0.2) is 20.0 Å². The van der Waals surface area contributed by atoms with Gasteiger partial charge in [-0.1, -0.05) is 0 Å². The van der Waals surface area contributed by atoms with Crippen molar-refractivity contribution in [1.29, 1.82) is 0 Å². The average Bonchev–Trinajstić information content (AvgIpc) is 2.82. The van der Waals surface area contributed by atoms with E-state index in [4.69, 9.17) is 9.52 Å². The predicted molar refractivity (Wildman–Crippen MR) is 74.4 cm³/mol. The third-order valence-corrected chi connectivity index (χ3v) is 5.92. The number of carboxylic acid groups (broad SMARTS) is 1. The number of piperazine rings is 1. The molecule has 0 aliphatic carbocycles. The summed E-state index contributed by atoms with van der Waals surface area (Å²) in [6.45, 7) is 2.34. The number of carboxylic acids is 1. The van der Waals surface area contributed by atoms with Crippen molar-refractivity contribution in [2.45, 2.75) is 11.8 Å². The lowest BCUT2D eigenvalue weighted by Gasteiger charge is -2.33. The second-order valence-corrected chi connectivity index (χ2v) is 7.09. The van der Waals surface area contributed by atoms with Crippen molar-refractivity contribution < 1.29 is 27.5 Å². The predicted octanol–water partition coefficient (Wildman–Crippen LogP) is 0.593. The van der Waals surface area contributed by atoms with Gasteiger partial charge in [0, 0.05) is 39.2 Å². The van der Waals surface area contributed by atoms with Crippen molar-refractivity contribution in [3.63, 3.8) is 0 Å². The van der Waals surface area contributed by atoms with E-state index in [1.165, 1.54) is 11.2 Å². The minimum atomic E-state index is -3.86. The molecule has 1 aliphatic rings. The van der Waals surface area contributed by atoms with Gasteiger partial charge in [0.25, 0.3) is 0 Å². The van der Waals surface area contributed by atoms with E-state index in [0.29, 0.717) is 13.1 Å². The van der Waals surface area contributed by atoms with Crippen LogP contribution in [0.3, 0.4) is 0 Å². The highest BCUT2D eigenvalue weighted by molar-refractivity contribution is 9.10. The smallest absolute Gasteiger partial charge is 0.371 e. The van der Waals surface area contributed by atoms with Crippen molar-refractivity contribution >= 4 is 37.8 Å². The van der Waals surface area contributed by atoms with Gasteiger partial charge in [-0.3, -0.25) is 4.79 Å². The first-order valence-corrected chi connectivity index (χ1v) is 8.25. The van der Waals surface area contributed by atoms with Gasteiger partial charge in [0.05, 0.1) is 0 Å². The molecule has 10 heteroatoms. The quantitative estimate of drug-likeness (QED) is 0.821. The fraction of sp³-hybridized carbons (Fsp3) is 0.455. The third-order valence-electron chi connectivity index (χ3n) is 3.17. The van der Waals surface area contributed by atoms with Crippen LogP contribution in [-0.2, 0) is 14.8 Å². The third kappa shape index (κ3) is 3.11. The van der Waals surface area contributed by atoms with Gasteiger partial charge in [0.15, 0.2) is 4.67 Å². The molecule has 1 amide bonds. The summed E-state index contributed by atoms with van der Waals surface area (Å²) in [6.07, 6.45) is 0. The normalized spacial score (nSPS) is 17.0. The lowest BCUT2D eigenvalue weighted by Crippen LogP contribution is -2.49. The number of hydrogen-bond acceptors (Lipinski definition) is 5. The fourth-order valence-electron chi connectivity index (χ4n) is 2.02. The molecule has 116 valence electrons. The maximum atomic E-state index is 12.5. The first kappa shape index (κ1) is 16.0. The van der Waals surface area contributed by atoms with E-state index >= 15 is 0 Å². The Morgan fingerprint density at radius 1 is 1.29 bits per heavy atom. The number of furan rings is 1. The molecular weight excluding hydrogens is 368 g/mol. The Balaban J connectivity index is 2.23. The number of aromatic carboxylic acids is 1. The van der Waals surface area contributed by atoms with Gasteiger partial charge in [-0.25, -0.2) is 13.2 Å². The van der Waals surface area contributed by atoms with Crippen molar-refractivity contribution in [1.82, 2.24) is 9.21 Å². The molecule has 1 aliphatic heterocycles. The summed E-state index contributed by atoms with van der Waals surface area (Å²) in [5, 5.41) is 8.83. The van der Waals surface area contributed by atoms with Crippen LogP contribution in [0.25, 0.3) is 0 Å². The fourth-order valence-corrected chi connectivity index (χ4v) is 4.34. The number of nitrogens with zero attached hydrogens (tertiary/aromatic N) is 2. The molecule has 21 heavy (non-hydrogen) atoms. The molecule has 1 N–H and O–H groups in total. The molecular formula is C11H13BrN2O6S. The minimum absolute atomic E-state index is 0.107. The van der Waals surface area contributed by atoms with Crippen LogP contribution in [0.4, 0.5) is 0 Å². The lowest BCUT2D eigenvalue weighted by molar-refractivity contribution is -0.129. The molecule has 2 rings (SSSR count). The van der Waals surface area contributed by atoms with Crippen LogP contribution in [-0.4, -0.2) is 60.8 Å². The molecule has 0 radical (unpaired) electrons. The van der Waals surface area contributed by atoms with Crippen molar-refractivity contribution in [3.8, 4) is 0 Å². The van der Waals surface area contributed by atoms with E-state index in [2.05, 4.69) is 15.9 Å². The van der Waals surface area contributed by atoms with Gasteiger partial charge in [0.2, 0.25) is 21.7 Å². The number of carbonyl (C=O) groups is 2. The monoisotopic (exact) mass is 380 g/mol. The molecule has 1 aromatic rings. The standard InChI is InChI=1S/C11H13BrN2O6S/c1-7(15)13-2-4-14(5-3-13)21(18,19)9-6-8(11(16)17)20-10(9)12/h6H,2-5H2,1H3,(H,16,17). The van der Waals surface area contributed by atoms with Gasteiger partial charge < -0.3 is 14.4 Å². The second-order valence-electron chi connectivity index (χ2n) is 4.46. The molecule has 1 aromatic heterocycles. The first-order valence-electron chi connectivity index (χ1n) is 6.01. The van der Waals surface area contributed by atoms with Crippen LogP contribution < -0.4 is 0 Å². The summed E-state index contributed by atoms with van der Waals surface area (Å²) in [4.78, 5) is 23.4. The summed E-state index contributed by atoms with van der Waals surface area (Å²) in [5.41, 5.74) is 0. The Hall–Kier alpha value is -1.39. The number of hydrogen-bond donors (Lipinski definition) is 1. The molecule has 8 nitrogen and oxygen atoms in total. The van der Waals surface area contributed by atoms with Crippen LogP contribution in [0, 0.1) is 0 Å². The number of rotatable bonds is 3. The van der Waals surface area contributed by atoms with Crippen LogP contribution in [0.5, 0.6) is 0 Å². The summed E-state index contributed by atoms with van der Waals surface area (Å²) < 4.78 is 30.8. The van der Waals surface area contributed by atoms with Crippen LogP contribution in [0.1, 0.15) is 17.5 Å². The summed E-state index contributed by atoms with van der Waals surface area (Å²) in [7, 11) is -3.86. The van der Waals surface area contributed by atoms with Gasteiger partial charge >= 0.3 is 5.97 Å². The van der Waals surface area contributed by atoms with E-state index in [-0.39, 0.29) is 28.6 Å². The molecule has 0 atom stereocenters. The summed E-state index contributed by atoms with van der Waals surface area (Å²) >= 11 is 2.92. The molecule has 2 heterocycles. The Morgan fingerprint density at radius 3 is 2.29 bits per heavy atom. The molecule has 0 aromatic carbocycles. The van der Waals surface area contributed by atoms with Gasteiger partial charge in [-0.05, 0) is 15.9 Å². The molecule has 1 saturated heterocycles. The van der Waals surface area contributed by atoms with Crippen molar-refractivity contribution in [3.05, 3.63) is 16.5 Å². The molecule has 0 bridgehead atoms. The zero-order chi connectivity index (χ0) is 15.8. The first-order chi connectivity index (χ1) is 9.73. The molecule has 0 spiro atoms. The highest BCUT2D eigenvalue weighted by atomic mass is 79.9. The van der Waals surface area contributed by atoms with E-state index in [1.807, 2.05) is 0 Å². The Labute approximate surface area is 129 Å². The van der Waals surface area contributed by atoms with Gasteiger partial charge in [-0.15, -0.1) is 0 Å². The zero-order valence-electron chi connectivity index (χ0n) is 11.1. The van der Waals surface area contributed by atoms with Crippen molar-refractivity contribution in [2.75, 3.05) is 26.2 Å². The number of amides is 1. The van der Waals surface area contributed by atoms with Gasteiger partial charge in [0.1, 0.15) is 4.90 Å². The molecule has 0 saturated carbocycles. The number of carbonyl (C=O) groups excluding carboxylic acids is 1. The SMILES string of the molecule is CC(=O)N1CCN(S(=O)(=O)c2cc(C(=O)O)oc2Br)CC1. The van der Waals surface area contributed by atoms with E-state index < -0.39 is 21.8 Å². The lowest BCUT2D eigenvalue weighted by atomic mass is 10.3. The highest BCUT2D eigenvalue weighted by Gasteiger charge is 2.33.